The molecule has 0 aliphatic heterocycles. The van der Waals surface area contributed by atoms with E-state index in [2.05, 4.69) is 10.6 Å². The van der Waals surface area contributed by atoms with Crippen LogP contribution >= 0.6 is 23.2 Å². The van der Waals surface area contributed by atoms with E-state index in [0.717, 1.165) is 5.56 Å². The van der Waals surface area contributed by atoms with Gasteiger partial charge in [-0.1, -0.05) is 53.5 Å². The van der Waals surface area contributed by atoms with Crippen molar-refractivity contribution >= 4 is 58.7 Å². The van der Waals surface area contributed by atoms with Crippen molar-refractivity contribution in [2.45, 2.75) is 38.8 Å². The first-order valence-corrected chi connectivity index (χ1v) is 13.4. The van der Waals surface area contributed by atoms with Crippen LogP contribution in [0, 0.1) is 0 Å². The summed E-state index contributed by atoms with van der Waals surface area (Å²) in [6, 6.07) is 17.1. The van der Waals surface area contributed by atoms with Gasteiger partial charge in [0.2, 0.25) is 0 Å². The minimum Gasteiger partial charge on any atom is -0.467 e. The third-order valence-corrected chi connectivity index (χ3v) is 6.25. The number of hydrogen-bond donors (Lipinski definition) is 2. The first kappa shape index (κ1) is 31.4. The van der Waals surface area contributed by atoms with E-state index in [1.54, 1.807) is 93.6 Å². The van der Waals surface area contributed by atoms with Crippen LogP contribution in [-0.2, 0) is 25.5 Å². The maximum absolute atomic E-state index is 12.9. The lowest BCUT2D eigenvalue weighted by Gasteiger charge is -2.18. The van der Waals surface area contributed by atoms with Gasteiger partial charge in [-0.15, -0.1) is 0 Å². The number of nitrogens with one attached hydrogen (secondary N) is 2. The van der Waals surface area contributed by atoms with E-state index >= 15 is 0 Å². The molecule has 8 nitrogen and oxygen atoms in total. The zero-order valence-corrected chi connectivity index (χ0v) is 24.5. The molecule has 2 N–H and O–H groups in total. The second-order valence-corrected chi connectivity index (χ2v) is 10.8. The quantitative estimate of drug-likeness (QED) is 0.227. The Morgan fingerprint density at radius 3 is 2.05 bits per heavy atom. The van der Waals surface area contributed by atoms with Crippen molar-refractivity contribution in [3.63, 3.8) is 0 Å². The summed E-state index contributed by atoms with van der Waals surface area (Å²) in [6.07, 6.45) is 3.05. The molecular weight excluding hydrogens is 567 g/mol. The van der Waals surface area contributed by atoms with Crippen molar-refractivity contribution < 1.29 is 28.7 Å². The fraction of sp³-hybridized carbons (Fsp3) is 0.226. The number of esters is 2. The molecule has 0 unspecified atom stereocenters. The molecule has 41 heavy (non-hydrogen) atoms. The van der Waals surface area contributed by atoms with E-state index in [4.69, 9.17) is 32.7 Å². The maximum atomic E-state index is 12.9. The Hall–Kier alpha value is -4.14. The summed E-state index contributed by atoms with van der Waals surface area (Å²) < 4.78 is 10.1. The summed E-state index contributed by atoms with van der Waals surface area (Å²) in [6.45, 7) is 5.34. The highest BCUT2D eigenvalue weighted by Crippen LogP contribution is 2.25. The van der Waals surface area contributed by atoms with Crippen molar-refractivity contribution in [3.05, 3.63) is 105 Å². The third kappa shape index (κ3) is 9.48. The number of carbonyl (C=O) groups excluding carboxylic acids is 4. The number of benzene rings is 3. The maximum Gasteiger partial charge on any atom is 0.331 e. The Morgan fingerprint density at radius 2 is 1.49 bits per heavy atom. The number of ether oxygens (including phenoxy) is 2. The number of anilines is 1. The molecule has 2 amide bonds. The van der Waals surface area contributed by atoms with E-state index < -0.39 is 35.4 Å². The lowest BCUT2D eigenvalue weighted by atomic mass is 10.0. The van der Waals surface area contributed by atoms with E-state index in [9.17, 15) is 19.2 Å². The summed E-state index contributed by atoms with van der Waals surface area (Å²) in [5, 5.41) is 5.91. The molecule has 214 valence electrons. The van der Waals surface area contributed by atoms with Gasteiger partial charge in [0.25, 0.3) is 11.8 Å². The molecule has 3 aromatic carbocycles. The minimum atomic E-state index is -0.957. The Morgan fingerprint density at radius 1 is 0.878 bits per heavy atom. The predicted octanol–water partition coefficient (Wildman–Crippen LogP) is 6.11. The molecule has 3 aromatic rings. The molecule has 0 fully saturated rings. The van der Waals surface area contributed by atoms with Crippen molar-refractivity contribution in [2.24, 2.45) is 0 Å². The molecule has 0 aliphatic rings. The first-order chi connectivity index (χ1) is 19.4. The summed E-state index contributed by atoms with van der Waals surface area (Å²) in [5.74, 6) is -2.01. The van der Waals surface area contributed by atoms with Crippen LogP contribution < -0.4 is 10.6 Å². The zero-order valence-electron chi connectivity index (χ0n) is 23.0. The van der Waals surface area contributed by atoms with E-state index in [-0.39, 0.29) is 22.0 Å². The molecule has 0 bridgehead atoms. The fourth-order valence-corrected chi connectivity index (χ4v) is 4.26. The van der Waals surface area contributed by atoms with Crippen molar-refractivity contribution in [1.29, 1.82) is 0 Å². The number of amides is 2. The van der Waals surface area contributed by atoms with Gasteiger partial charge in [0, 0.05) is 23.7 Å². The topological polar surface area (TPSA) is 111 Å². The minimum absolute atomic E-state index is 0.152. The third-order valence-electron chi connectivity index (χ3n) is 5.62. The highest BCUT2D eigenvalue weighted by atomic mass is 35.5. The Labute approximate surface area is 248 Å². The summed E-state index contributed by atoms with van der Waals surface area (Å²) in [5.41, 5.74) is 1.81. The van der Waals surface area contributed by atoms with Crippen LogP contribution in [0.4, 0.5) is 5.69 Å². The molecule has 1 atom stereocenters. The monoisotopic (exact) mass is 596 g/mol. The van der Waals surface area contributed by atoms with Crippen molar-refractivity contribution in [1.82, 2.24) is 5.32 Å². The van der Waals surface area contributed by atoms with Crippen LogP contribution in [0.25, 0.3) is 6.08 Å². The van der Waals surface area contributed by atoms with Crippen LogP contribution in [0.3, 0.4) is 0 Å². The van der Waals surface area contributed by atoms with E-state index in [1.807, 2.05) is 0 Å². The molecule has 3 rings (SSSR count). The summed E-state index contributed by atoms with van der Waals surface area (Å²) in [7, 11) is 1.24. The highest BCUT2D eigenvalue weighted by molar-refractivity contribution is 6.40. The number of rotatable bonds is 9. The molecule has 0 heterocycles. The van der Waals surface area contributed by atoms with Crippen LogP contribution in [0.5, 0.6) is 0 Å². The molecular formula is C31H30Cl2N2O6. The zero-order chi connectivity index (χ0) is 30.2. The summed E-state index contributed by atoms with van der Waals surface area (Å²) in [4.78, 5) is 49.8. The normalized spacial score (nSPS) is 12.0. The lowest BCUT2D eigenvalue weighted by Crippen LogP contribution is -2.43. The van der Waals surface area contributed by atoms with Crippen LogP contribution in [0.15, 0.2) is 72.8 Å². The van der Waals surface area contributed by atoms with Gasteiger partial charge in [0.1, 0.15) is 11.6 Å². The predicted molar refractivity (Wildman–Crippen MR) is 159 cm³/mol. The molecule has 0 radical (unpaired) electrons. The van der Waals surface area contributed by atoms with Crippen LogP contribution in [0.1, 0.15) is 52.6 Å². The standard InChI is InChI=1S/C31H30Cl2N2O6/c1-31(2,3)41-26(36)17-12-19-8-13-21(14-9-19)28(37)35-25(30(39)40-4)18-20-10-15-22(16-11-20)34-29(38)27-23(32)6-5-7-24(27)33/h5-17,25H,18H2,1-4H3,(H,34,38)(H,35,37)/b17-12+/t25-/m0/s1. The molecule has 10 heteroatoms. The Balaban J connectivity index is 1.63. The molecule has 0 aromatic heterocycles. The molecule has 0 saturated carbocycles. The average molecular weight is 597 g/mol. The molecule has 0 aliphatic carbocycles. The second-order valence-electron chi connectivity index (χ2n) is 9.99. The van der Waals surface area contributed by atoms with Crippen LogP contribution in [-0.4, -0.2) is 42.5 Å². The Kier molecular flexibility index (Phi) is 10.7. The van der Waals surface area contributed by atoms with E-state index in [0.29, 0.717) is 16.8 Å². The van der Waals surface area contributed by atoms with Gasteiger partial charge < -0.3 is 20.1 Å². The summed E-state index contributed by atoms with van der Waals surface area (Å²) >= 11 is 12.2. The fourth-order valence-electron chi connectivity index (χ4n) is 3.69. The SMILES string of the molecule is COC(=O)[C@H](Cc1ccc(NC(=O)c2c(Cl)cccc2Cl)cc1)NC(=O)c1ccc(/C=C/C(=O)OC(C)(C)C)cc1. The van der Waals surface area contributed by atoms with Gasteiger partial charge in [0.05, 0.1) is 22.7 Å². The van der Waals surface area contributed by atoms with Gasteiger partial charge in [0.15, 0.2) is 0 Å². The number of carbonyl (C=O) groups is 4. The number of halogens is 2. The second kappa shape index (κ2) is 14.0. The van der Waals surface area contributed by atoms with Crippen LogP contribution in [0.2, 0.25) is 10.0 Å². The number of hydrogen-bond acceptors (Lipinski definition) is 6. The van der Waals surface area contributed by atoms with Gasteiger partial charge in [-0.25, -0.2) is 9.59 Å². The van der Waals surface area contributed by atoms with Crippen molar-refractivity contribution in [3.8, 4) is 0 Å². The van der Waals surface area contributed by atoms with E-state index in [1.165, 1.54) is 13.2 Å². The largest absolute Gasteiger partial charge is 0.467 e. The number of methoxy groups -OCH3 is 1. The van der Waals surface area contributed by atoms with Crippen molar-refractivity contribution in [2.75, 3.05) is 12.4 Å². The highest BCUT2D eigenvalue weighted by Gasteiger charge is 2.23. The molecule has 0 spiro atoms. The Bertz CT molecular complexity index is 1420. The molecule has 0 saturated heterocycles. The van der Waals surface area contributed by atoms with Gasteiger partial charge in [-0.3, -0.25) is 9.59 Å². The first-order valence-electron chi connectivity index (χ1n) is 12.6. The average Bonchev–Trinajstić information content (AvgIpc) is 2.91. The smallest absolute Gasteiger partial charge is 0.331 e. The lowest BCUT2D eigenvalue weighted by molar-refractivity contribution is -0.148. The van der Waals surface area contributed by atoms with Gasteiger partial charge in [-0.05, 0) is 74.4 Å². The van der Waals surface area contributed by atoms with Gasteiger partial charge >= 0.3 is 11.9 Å². The van der Waals surface area contributed by atoms with Gasteiger partial charge in [-0.2, -0.15) is 0 Å².